The van der Waals surface area contributed by atoms with Gasteiger partial charge in [-0.15, -0.1) is 10.2 Å². The van der Waals surface area contributed by atoms with E-state index in [2.05, 4.69) is 15.3 Å². The molecule has 0 bridgehead atoms. The first-order valence-electron chi connectivity index (χ1n) is 6.61. The molecule has 0 saturated heterocycles. The zero-order chi connectivity index (χ0) is 17.6. The summed E-state index contributed by atoms with van der Waals surface area (Å²) in [4.78, 5) is 0.310. The first-order chi connectivity index (χ1) is 11.2. The van der Waals surface area contributed by atoms with Crippen molar-refractivity contribution in [1.29, 1.82) is 0 Å². The van der Waals surface area contributed by atoms with Gasteiger partial charge in [0.1, 0.15) is 5.03 Å². The second kappa shape index (κ2) is 5.69. The predicted octanol–water partition coefficient (Wildman–Crippen LogP) is 4.19. The van der Waals surface area contributed by atoms with Gasteiger partial charge in [0.2, 0.25) is 0 Å². The second-order valence-electron chi connectivity index (χ2n) is 4.99. The molecule has 0 atom stereocenters. The number of alkyl halides is 3. The fourth-order valence-electron chi connectivity index (χ4n) is 2.03. The lowest BCUT2D eigenvalue weighted by molar-refractivity contribution is -0.146. The van der Waals surface area contributed by atoms with Crippen LogP contribution in [0.5, 0.6) is 0 Å². The number of halogens is 5. The Morgan fingerprint density at radius 1 is 1.00 bits per heavy atom. The molecule has 10 heteroatoms. The number of aromatic nitrogens is 4. The number of benzene rings is 1. The summed E-state index contributed by atoms with van der Waals surface area (Å²) in [6.07, 6.45) is -4.71. The number of hydrogen-bond donors (Lipinski definition) is 0. The monoisotopic (exact) mass is 360 g/mol. The van der Waals surface area contributed by atoms with Gasteiger partial charge in [0.15, 0.2) is 17.3 Å². The molecule has 0 unspecified atom stereocenters. The Labute approximate surface area is 136 Å². The highest BCUT2D eigenvalue weighted by Gasteiger charge is 2.38. The SMILES string of the molecule is Cc1c(Sc2ccc(F)c(F)c2)nn2c(C(F)(F)F)nnc2c1C. The minimum absolute atomic E-state index is 0.00513. The van der Waals surface area contributed by atoms with Gasteiger partial charge in [-0.05, 0) is 37.6 Å². The molecule has 0 amide bonds. The van der Waals surface area contributed by atoms with Crippen molar-refractivity contribution in [3.05, 3.63) is 46.8 Å². The fourth-order valence-corrected chi connectivity index (χ4v) is 2.98. The van der Waals surface area contributed by atoms with Gasteiger partial charge in [-0.2, -0.15) is 22.8 Å². The minimum atomic E-state index is -4.71. The average molecular weight is 360 g/mol. The summed E-state index contributed by atoms with van der Waals surface area (Å²) in [7, 11) is 0. The summed E-state index contributed by atoms with van der Waals surface area (Å²) in [5.74, 6) is -3.29. The Kier molecular flexibility index (Phi) is 3.94. The van der Waals surface area contributed by atoms with Crippen LogP contribution in [0.4, 0.5) is 22.0 Å². The standard InChI is InChI=1S/C14H9F5N4S/c1-6-7(2)12(24-8-3-4-9(15)10(16)5-8)22-23-11(6)20-21-13(23)14(17,18)19/h3-5H,1-2H3. The largest absolute Gasteiger partial charge is 0.453 e. The third kappa shape index (κ3) is 2.81. The Bertz CT molecular complexity index is 935. The number of rotatable bonds is 2. The first-order valence-corrected chi connectivity index (χ1v) is 7.43. The highest BCUT2D eigenvalue weighted by atomic mass is 32.2. The molecule has 1 aromatic carbocycles. The van der Waals surface area contributed by atoms with Crippen LogP contribution in [-0.2, 0) is 6.18 Å². The van der Waals surface area contributed by atoms with Gasteiger partial charge in [0.25, 0.3) is 5.82 Å². The van der Waals surface area contributed by atoms with Gasteiger partial charge < -0.3 is 0 Å². The van der Waals surface area contributed by atoms with E-state index < -0.39 is 23.6 Å². The third-order valence-electron chi connectivity index (χ3n) is 3.41. The van der Waals surface area contributed by atoms with E-state index in [1.807, 2.05) is 0 Å². The molecule has 2 aromatic heterocycles. The molecule has 2 heterocycles. The van der Waals surface area contributed by atoms with Crippen LogP contribution in [0.2, 0.25) is 0 Å². The van der Waals surface area contributed by atoms with Crippen LogP contribution in [0.25, 0.3) is 5.65 Å². The molecule has 0 spiro atoms. The molecule has 4 nitrogen and oxygen atoms in total. The van der Waals surface area contributed by atoms with Crippen LogP contribution < -0.4 is 0 Å². The third-order valence-corrected chi connectivity index (χ3v) is 4.48. The molecule has 3 aromatic rings. The lowest BCUT2D eigenvalue weighted by atomic mass is 10.2. The quantitative estimate of drug-likeness (QED) is 0.643. The summed E-state index contributed by atoms with van der Waals surface area (Å²) in [6, 6.07) is 3.22. The van der Waals surface area contributed by atoms with Crippen LogP contribution in [0, 0.1) is 25.5 Å². The Morgan fingerprint density at radius 2 is 1.71 bits per heavy atom. The Balaban J connectivity index is 2.13. The highest BCUT2D eigenvalue weighted by Crippen LogP contribution is 2.33. The van der Waals surface area contributed by atoms with Gasteiger partial charge in [0.05, 0.1) is 0 Å². The van der Waals surface area contributed by atoms with Crippen LogP contribution >= 0.6 is 11.8 Å². The van der Waals surface area contributed by atoms with Gasteiger partial charge in [-0.3, -0.25) is 0 Å². The first kappa shape index (κ1) is 16.6. The summed E-state index contributed by atoms with van der Waals surface area (Å²) in [5.41, 5.74) is 1.05. The summed E-state index contributed by atoms with van der Waals surface area (Å²) >= 11 is 0.927. The molecule has 0 N–H and O–H groups in total. The molecular formula is C14H9F5N4S. The van der Waals surface area contributed by atoms with Crippen molar-refractivity contribution in [3.8, 4) is 0 Å². The van der Waals surface area contributed by atoms with Crippen LogP contribution in [0.3, 0.4) is 0 Å². The maximum absolute atomic E-state index is 13.3. The molecular weight excluding hydrogens is 351 g/mol. The summed E-state index contributed by atoms with van der Waals surface area (Å²) < 4.78 is 65.8. The summed E-state index contributed by atoms with van der Waals surface area (Å²) in [5, 5.41) is 10.8. The van der Waals surface area contributed by atoms with Gasteiger partial charge in [-0.25, -0.2) is 8.78 Å². The highest BCUT2D eigenvalue weighted by molar-refractivity contribution is 7.99. The minimum Gasteiger partial charge on any atom is -0.204 e. The van der Waals surface area contributed by atoms with Crippen molar-refractivity contribution >= 4 is 17.4 Å². The van der Waals surface area contributed by atoms with Crippen molar-refractivity contribution in [1.82, 2.24) is 19.8 Å². The van der Waals surface area contributed by atoms with E-state index in [9.17, 15) is 22.0 Å². The molecule has 24 heavy (non-hydrogen) atoms. The predicted molar refractivity (Wildman–Crippen MR) is 75.7 cm³/mol. The van der Waals surface area contributed by atoms with Gasteiger partial charge in [0, 0.05) is 10.5 Å². The van der Waals surface area contributed by atoms with Crippen LogP contribution in [0.1, 0.15) is 17.0 Å². The van der Waals surface area contributed by atoms with E-state index in [-0.39, 0.29) is 10.7 Å². The normalized spacial score (nSPS) is 12.1. The average Bonchev–Trinajstić information content (AvgIpc) is 2.92. The molecule has 0 aliphatic rings. The smallest absolute Gasteiger partial charge is 0.204 e. The second-order valence-corrected chi connectivity index (χ2v) is 6.05. The topological polar surface area (TPSA) is 43.1 Å². The Hall–Kier alpha value is -2.23. The van der Waals surface area contributed by atoms with Crippen LogP contribution in [-0.4, -0.2) is 19.8 Å². The van der Waals surface area contributed by atoms with E-state index >= 15 is 0 Å². The van der Waals surface area contributed by atoms with E-state index in [0.717, 1.165) is 23.9 Å². The molecule has 0 aliphatic carbocycles. The lowest BCUT2D eigenvalue weighted by Crippen LogP contribution is -2.13. The van der Waals surface area contributed by atoms with E-state index in [1.54, 1.807) is 13.8 Å². The van der Waals surface area contributed by atoms with Gasteiger partial charge in [-0.1, -0.05) is 11.8 Å². The van der Waals surface area contributed by atoms with Crippen molar-refractivity contribution < 1.29 is 22.0 Å². The van der Waals surface area contributed by atoms with Crippen molar-refractivity contribution in [3.63, 3.8) is 0 Å². The van der Waals surface area contributed by atoms with E-state index in [1.165, 1.54) is 6.07 Å². The Morgan fingerprint density at radius 3 is 2.33 bits per heavy atom. The molecule has 0 radical (unpaired) electrons. The zero-order valence-electron chi connectivity index (χ0n) is 12.3. The maximum atomic E-state index is 13.3. The van der Waals surface area contributed by atoms with Crippen molar-refractivity contribution in [2.45, 2.75) is 29.9 Å². The molecule has 0 aliphatic heterocycles. The molecule has 0 saturated carbocycles. The maximum Gasteiger partial charge on any atom is 0.453 e. The van der Waals surface area contributed by atoms with E-state index in [4.69, 9.17) is 0 Å². The number of nitrogens with zero attached hydrogens (tertiary/aromatic N) is 4. The van der Waals surface area contributed by atoms with E-state index in [0.29, 0.717) is 20.5 Å². The number of hydrogen-bond acceptors (Lipinski definition) is 4. The van der Waals surface area contributed by atoms with Crippen molar-refractivity contribution in [2.24, 2.45) is 0 Å². The number of aryl methyl sites for hydroxylation is 1. The van der Waals surface area contributed by atoms with Gasteiger partial charge >= 0.3 is 6.18 Å². The fraction of sp³-hybridized carbons (Fsp3) is 0.214. The van der Waals surface area contributed by atoms with Crippen molar-refractivity contribution in [2.75, 3.05) is 0 Å². The lowest BCUT2D eigenvalue weighted by Gasteiger charge is -2.10. The molecule has 126 valence electrons. The summed E-state index contributed by atoms with van der Waals surface area (Å²) in [6.45, 7) is 3.25. The number of fused-ring (bicyclic) bond motifs is 1. The molecule has 0 fully saturated rings. The van der Waals surface area contributed by atoms with Crippen LogP contribution in [0.15, 0.2) is 28.1 Å². The zero-order valence-corrected chi connectivity index (χ0v) is 13.1. The molecule has 3 rings (SSSR count).